The Balaban J connectivity index is 2.01. The van der Waals surface area contributed by atoms with Gasteiger partial charge < -0.3 is 0 Å². The van der Waals surface area contributed by atoms with E-state index in [0.717, 1.165) is 22.4 Å². The maximum absolute atomic E-state index is 3.56. The lowest BCUT2D eigenvalue weighted by Gasteiger charge is -2.06. The maximum Gasteiger partial charge on any atom is 0.269 e. The summed E-state index contributed by atoms with van der Waals surface area (Å²) in [6.45, 7) is 8.56. The first-order chi connectivity index (χ1) is 12.0. The smallest absolute Gasteiger partial charge is 0.269 e. The van der Waals surface area contributed by atoms with Gasteiger partial charge in [-0.15, -0.1) is 0 Å². The Kier molecular flexibility index (Phi) is 3.69. The second-order valence-electron chi connectivity index (χ2n) is 6.95. The Bertz CT molecular complexity index is 961. The second-order valence-corrected chi connectivity index (χ2v) is 6.95. The van der Waals surface area contributed by atoms with E-state index in [0.29, 0.717) is 0 Å². The molecule has 0 aliphatic carbocycles. The summed E-state index contributed by atoms with van der Waals surface area (Å²) in [5, 5.41) is 0. The molecule has 0 N–H and O–H groups in total. The zero-order chi connectivity index (χ0) is 17.6. The highest BCUT2D eigenvalue weighted by Crippen LogP contribution is 2.21. The minimum atomic E-state index is 1.15. The summed E-state index contributed by atoms with van der Waals surface area (Å²) < 4.78 is 4.32. The molecule has 1 aromatic heterocycles. The molecule has 0 amide bonds. The van der Waals surface area contributed by atoms with Crippen LogP contribution in [0.15, 0.2) is 60.7 Å². The first-order valence-electron chi connectivity index (χ1n) is 8.63. The minimum Gasteiger partial charge on any atom is -0.292 e. The van der Waals surface area contributed by atoms with Gasteiger partial charge in [-0.2, -0.15) is 0 Å². The van der Waals surface area contributed by atoms with Crippen LogP contribution in [0.1, 0.15) is 22.3 Å². The third-order valence-electron chi connectivity index (χ3n) is 4.49. The number of aromatic nitrogens is 2. The molecule has 0 unspecified atom stereocenters. The highest BCUT2D eigenvalue weighted by molar-refractivity contribution is 5.74. The summed E-state index contributed by atoms with van der Waals surface area (Å²) in [6.07, 6.45) is 3.56. The molecule has 3 aromatic carbocycles. The van der Waals surface area contributed by atoms with Crippen LogP contribution in [0.4, 0.5) is 0 Å². The van der Waals surface area contributed by atoms with Crippen molar-refractivity contribution < 1.29 is 4.57 Å². The number of nitrogens with zero attached hydrogens (tertiary/aromatic N) is 2. The lowest BCUT2D eigenvalue weighted by molar-refractivity contribution is -0.572. The van der Waals surface area contributed by atoms with Crippen LogP contribution in [-0.2, 0) is 0 Å². The van der Waals surface area contributed by atoms with Crippen molar-refractivity contribution in [2.45, 2.75) is 27.7 Å². The number of benzene rings is 3. The van der Waals surface area contributed by atoms with Crippen LogP contribution in [-0.4, -0.2) is 4.57 Å². The van der Waals surface area contributed by atoms with Crippen molar-refractivity contribution in [2.75, 3.05) is 0 Å². The van der Waals surface area contributed by atoms with Gasteiger partial charge in [0.2, 0.25) is 0 Å². The van der Waals surface area contributed by atoms with Gasteiger partial charge in [0, 0.05) is 0 Å². The van der Waals surface area contributed by atoms with Gasteiger partial charge in [-0.05, 0) is 52.0 Å². The Morgan fingerprint density at radius 2 is 1.28 bits per heavy atom. The summed E-state index contributed by atoms with van der Waals surface area (Å²) in [6, 6.07) is 21.7. The molecule has 0 spiro atoms. The van der Waals surface area contributed by atoms with E-state index in [9.17, 15) is 0 Å². The van der Waals surface area contributed by atoms with E-state index in [-0.39, 0.29) is 0 Å². The van der Waals surface area contributed by atoms with Crippen LogP contribution in [0.2, 0.25) is 0 Å². The Labute approximate surface area is 149 Å². The van der Waals surface area contributed by atoms with E-state index in [1.165, 1.54) is 22.3 Å². The van der Waals surface area contributed by atoms with Gasteiger partial charge in [-0.1, -0.05) is 58.7 Å². The fraction of sp³-hybridized carbons (Fsp3) is 0.174. The number of aryl methyl sites for hydroxylation is 4. The highest BCUT2D eigenvalue weighted by atomic mass is 15.1. The van der Waals surface area contributed by atoms with Gasteiger partial charge in [0.05, 0.1) is 22.4 Å². The Morgan fingerprint density at radius 1 is 0.720 bits per heavy atom. The van der Waals surface area contributed by atoms with E-state index in [1.807, 2.05) is 0 Å². The van der Waals surface area contributed by atoms with Crippen LogP contribution in [0.3, 0.4) is 0 Å². The summed E-state index contributed by atoms with van der Waals surface area (Å²) in [4.78, 5) is 0. The summed E-state index contributed by atoms with van der Waals surface area (Å²) in [5.74, 6) is 0. The number of hydrogen-bond acceptors (Lipinski definition) is 0. The monoisotopic (exact) mass is 326 g/mol. The van der Waals surface area contributed by atoms with Crippen molar-refractivity contribution in [3.05, 3.63) is 89.2 Å². The fourth-order valence-corrected chi connectivity index (χ4v) is 3.60. The normalized spacial score (nSPS) is 11.2. The van der Waals surface area contributed by atoms with Crippen LogP contribution in [0.25, 0.3) is 22.4 Å². The van der Waals surface area contributed by atoms with Crippen LogP contribution in [0.5, 0.6) is 0 Å². The first-order valence-corrected chi connectivity index (χ1v) is 8.63. The fourth-order valence-electron chi connectivity index (χ4n) is 3.60. The topological polar surface area (TPSA) is 8.81 Å². The number of hydrogen-bond donors (Lipinski definition) is 0. The largest absolute Gasteiger partial charge is 0.292 e. The standard InChI is InChI=1S/C23H22N2/c1-16-9-17(2)12-20(11-16)24-15-25(23-8-6-5-7-22(23)24)21-13-18(3)10-19(4)14-21/h5-14H,1-4H3. The molecule has 0 aliphatic heterocycles. The molecule has 25 heavy (non-hydrogen) atoms. The lowest BCUT2D eigenvalue weighted by atomic mass is 10.1. The summed E-state index contributed by atoms with van der Waals surface area (Å²) in [5.41, 5.74) is 9.67. The third-order valence-corrected chi connectivity index (χ3v) is 4.49. The first kappa shape index (κ1) is 15.6. The molecule has 0 saturated heterocycles. The SMILES string of the molecule is Cc1cc(C)cc(-n2[c-][n+](-c3cc(C)cc(C)c3)c3ccccc32)c1. The van der Waals surface area contributed by atoms with Gasteiger partial charge in [0.15, 0.2) is 0 Å². The van der Waals surface area contributed by atoms with Crippen molar-refractivity contribution in [2.24, 2.45) is 0 Å². The van der Waals surface area contributed by atoms with Crippen molar-refractivity contribution in [3.63, 3.8) is 0 Å². The van der Waals surface area contributed by atoms with Crippen LogP contribution >= 0.6 is 0 Å². The number of fused-ring (bicyclic) bond motifs is 1. The Morgan fingerprint density at radius 3 is 1.92 bits per heavy atom. The van der Waals surface area contributed by atoms with Crippen molar-refractivity contribution in [3.8, 4) is 11.4 Å². The highest BCUT2D eigenvalue weighted by Gasteiger charge is 2.12. The predicted molar refractivity (Wildman–Crippen MR) is 103 cm³/mol. The molecule has 2 heteroatoms. The van der Waals surface area contributed by atoms with E-state index in [4.69, 9.17) is 0 Å². The molecule has 4 rings (SSSR count). The summed E-state index contributed by atoms with van der Waals surface area (Å²) in [7, 11) is 0. The lowest BCUT2D eigenvalue weighted by Crippen LogP contribution is -2.29. The zero-order valence-electron chi connectivity index (χ0n) is 15.2. The molecule has 2 nitrogen and oxygen atoms in total. The average Bonchev–Trinajstić information content (AvgIpc) is 2.93. The molecule has 0 fully saturated rings. The maximum atomic E-state index is 3.56. The van der Waals surface area contributed by atoms with E-state index < -0.39 is 0 Å². The molecule has 0 atom stereocenters. The molecule has 0 aliphatic rings. The molecule has 124 valence electrons. The minimum absolute atomic E-state index is 1.15. The number of para-hydroxylation sites is 2. The molecule has 0 radical (unpaired) electrons. The number of imidazole rings is 1. The second kappa shape index (κ2) is 5.89. The molecule has 1 heterocycles. The van der Waals surface area contributed by atoms with E-state index >= 15 is 0 Å². The van der Waals surface area contributed by atoms with E-state index in [2.05, 4.69) is 104 Å². The van der Waals surface area contributed by atoms with E-state index in [1.54, 1.807) is 0 Å². The van der Waals surface area contributed by atoms with Gasteiger partial charge >= 0.3 is 0 Å². The zero-order valence-corrected chi connectivity index (χ0v) is 15.2. The van der Waals surface area contributed by atoms with Gasteiger partial charge in [0.1, 0.15) is 0 Å². The Hall–Kier alpha value is -2.87. The third kappa shape index (κ3) is 2.85. The molecular formula is C23H22N2. The molecule has 4 aromatic rings. The average molecular weight is 326 g/mol. The number of rotatable bonds is 2. The van der Waals surface area contributed by atoms with Crippen molar-refractivity contribution in [1.82, 2.24) is 4.57 Å². The van der Waals surface area contributed by atoms with Gasteiger partial charge in [-0.3, -0.25) is 9.13 Å². The van der Waals surface area contributed by atoms with Crippen LogP contribution < -0.4 is 4.57 Å². The molecule has 0 saturated carbocycles. The predicted octanol–water partition coefficient (Wildman–Crippen LogP) is 4.94. The van der Waals surface area contributed by atoms with Crippen molar-refractivity contribution in [1.29, 1.82) is 0 Å². The van der Waals surface area contributed by atoms with Gasteiger partial charge in [0.25, 0.3) is 6.33 Å². The quantitative estimate of drug-likeness (QED) is 0.364. The van der Waals surface area contributed by atoms with Crippen molar-refractivity contribution >= 4 is 11.0 Å². The van der Waals surface area contributed by atoms with Gasteiger partial charge in [-0.25, -0.2) is 0 Å². The molecule has 0 bridgehead atoms. The van der Waals surface area contributed by atoms with Crippen LogP contribution in [0, 0.1) is 34.0 Å². The summed E-state index contributed by atoms with van der Waals surface area (Å²) >= 11 is 0. The molecular weight excluding hydrogens is 304 g/mol.